The first kappa shape index (κ1) is 20.4. The van der Waals surface area contributed by atoms with Gasteiger partial charge in [-0.25, -0.2) is 4.39 Å². The molecule has 5 nitrogen and oxygen atoms in total. The van der Waals surface area contributed by atoms with Gasteiger partial charge in [-0.05, 0) is 36.5 Å². The molecule has 1 atom stereocenters. The number of hydrogen-bond acceptors (Lipinski definition) is 3. The van der Waals surface area contributed by atoms with E-state index in [4.69, 9.17) is 5.73 Å². The summed E-state index contributed by atoms with van der Waals surface area (Å²) < 4.78 is 13.1. The van der Waals surface area contributed by atoms with Crippen molar-refractivity contribution in [1.82, 2.24) is 9.80 Å². The second-order valence-corrected chi connectivity index (χ2v) is 7.42. The van der Waals surface area contributed by atoms with Crippen molar-refractivity contribution in [3.63, 3.8) is 0 Å². The molecule has 0 aromatic heterocycles. The first-order valence-electron chi connectivity index (χ1n) is 9.41. The Balaban J connectivity index is 2.00. The van der Waals surface area contributed by atoms with E-state index in [0.29, 0.717) is 25.3 Å². The number of primary amides is 1. The zero-order valence-corrected chi connectivity index (χ0v) is 15.8. The van der Waals surface area contributed by atoms with E-state index in [1.54, 1.807) is 0 Å². The van der Waals surface area contributed by atoms with Crippen LogP contribution in [0.1, 0.15) is 45.1 Å². The lowest BCUT2D eigenvalue weighted by Crippen LogP contribution is -2.45. The van der Waals surface area contributed by atoms with Crippen LogP contribution in [-0.4, -0.2) is 47.3 Å². The van der Waals surface area contributed by atoms with Gasteiger partial charge in [0.15, 0.2) is 0 Å². The summed E-state index contributed by atoms with van der Waals surface area (Å²) >= 11 is 0. The normalized spacial score (nSPS) is 18.8. The molecule has 0 radical (unpaired) electrons. The number of nitrogens with two attached hydrogens (primary N) is 1. The summed E-state index contributed by atoms with van der Waals surface area (Å²) in [6.45, 7) is 7.43. The number of hydrogen-bond donors (Lipinski definition) is 1. The smallest absolute Gasteiger partial charge is 0.222 e. The summed E-state index contributed by atoms with van der Waals surface area (Å²) in [6.07, 6.45) is 2.04. The highest BCUT2D eigenvalue weighted by Crippen LogP contribution is 2.21. The van der Waals surface area contributed by atoms with Crippen LogP contribution in [-0.2, 0) is 16.1 Å². The second kappa shape index (κ2) is 9.67. The quantitative estimate of drug-likeness (QED) is 0.809. The minimum Gasteiger partial charge on any atom is -0.370 e. The Morgan fingerprint density at radius 2 is 1.88 bits per heavy atom. The van der Waals surface area contributed by atoms with Crippen LogP contribution in [0.5, 0.6) is 0 Å². The number of benzene rings is 1. The third kappa shape index (κ3) is 6.09. The van der Waals surface area contributed by atoms with Crippen molar-refractivity contribution in [2.24, 2.45) is 11.7 Å². The van der Waals surface area contributed by atoms with Crippen molar-refractivity contribution < 1.29 is 14.0 Å². The third-order valence-electron chi connectivity index (χ3n) is 4.98. The molecule has 144 valence electrons. The topological polar surface area (TPSA) is 66.6 Å². The molecular formula is C20H30FN3O2. The number of carbonyl (C=O) groups is 2. The lowest BCUT2D eigenvalue weighted by molar-refractivity contribution is -0.131. The fourth-order valence-electron chi connectivity index (χ4n) is 3.51. The molecule has 0 spiro atoms. The molecule has 0 aliphatic carbocycles. The standard InChI is InChI=1S/C20H30FN3O2/c1-15(2)18-14-24(20(26)6-3-5-19(22)25)12-4-11-23(18)13-16-7-9-17(21)10-8-16/h7-10,15,18H,3-6,11-14H2,1-2H3,(H2,22,25)/t18-/m0/s1. The number of amides is 2. The predicted octanol–water partition coefficient (Wildman–Crippen LogP) is 2.54. The first-order chi connectivity index (χ1) is 12.4. The van der Waals surface area contributed by atoms with E-state index in [2.05, 4.69) is 18.7 Å². The third-order valence-corrected chi connectivity index (χ3v) is 4.98. The second-order valence-electron chi connectivity index (χ2n) is 7.42. The Morgan fingerprint density at radius 1 is 1.19 bits per heavy atom. The van der Waals surface area contributed by atoms with Gasteiger partial charge in [0.25, 0.3) is 0 Å². The van der Waals surface area contributed by atoms with E-state index in [1.807, 2.05) is 17.0 Å². The summed E-state index contributed by atoms with van der Waals surface area (Å²) in [7, 11) is 0. The van der Waals surface area contributed by atoms with Crippen molar-refractivity contribution in [2.75, 3.05) is 19.6 Å². The highest BCUT2D eigenvalue weighted by Gasteiger charge is 2.29. The van der Waals surface area contributed by atoms with Crippen LogP contribution >= 0.6 is 0 Å². The van der Waals surface area contributed by atoms with E-state index >= 15 is 0 Å². The van der Waals surface area contributed by atoms with Gasteiger partial charge < -0.3 is 10.6 Å². The van der Waals surface area contributed by atoms with Gasteiger partial charge in [-0.2, -0.15) is 0 Å². The van der Waals surface area contributed by atoms with Gasteiger partial charge in [0.2, 0.25) is 11.8 Å². The van der Waals surface area contributed by atoms with Crippen LogP contribution in [0.15, 0.2) is 24.3 Å². The summed E-state index contributed by atoms with van der Waals surface area (Å²) in [5, 5.41) is 0. The summed E-state index contributed by atoms with van der Waals surface area (Å²) in [4.78, 5) is 27.7. The number of rotatable bonds is 7. The number of halogens is 1. The van der Waals surface area contributed by atoms with Crippen molar-refractivity contribution in [3.8, 4) is 0 Å². The SMILES string of the molecule is CC(C)[C@@H]1CN(C(=O)CCCC(N)=O)CCCN1Cc1ccc(F)cc1. The van der Waals surface area contributed by atoms with Gasteiger partial charge in [-0.3, -0.25) is 14.5 Å². The number of nitrogens with zero attached hydrogens (tertiary/aromatic N) is 2. The maximum absolute atomic E-state index is 13.1. The minimum atomic E-state index is -0.362. The van der Waals surface area contributed by atoms with Crippen molar-refractivity contribution >= 4 is 11.8 Å². The molecule has 6 heteroatoms. The molecule has 1 aromatic carbocycles. The zero-order valence-electron chi connectivity index (χ0n) is 15.8. The van der Waals surface area contributed by atoms with Gasteiger partial charge in [0, 0.05) is 45.1 Å². The van der Waals surface area contributed by atoms with Gasteiger partial charge in [-0.1, -0.05) is 26.0 Å². The van der Waals surface area contributed by atoms with E-state index in [9.17, 15) is 14.0 Å². The van der Waals surface area contributed by atoms with Crippen LogP contribution in [0.25, 0.3) is 0 Å². The Kier molecular flexibility index (Phi) is 7.57. The molecular weight excluding hydrogens is 333 g/mol. The van der Waals surface area contributed by atoms with Crippen molar-refractivity contribution in [1.29, 1.82) is 0 Å². The van der Waals surface area contributed by atoms with Gasteiger partial charge in [0.1, 0.15) is 5.82 Å². The van der Waals surface area contributed by atoms with E-state index in [0.717, 1.165) is 31.6 Å². The van der Waals surface area contributed by atoms with E-state index < -0.39 is 0 Å². The largest absolute Gasteiger partial charge is 0.370 e. The Labute approximate surface area is 155 Å². The molecule has 0 unspecified atom stereocenters. The van der Waals surface area contributed by atoms with Crippen LogP contribution < -0.4 is 5.73 Å². The van der Waals surface area contributed by atoms with Gasteiger partial charge >= 0.3 is 0 Å². The van der Waals surface area contributed by atoms with Crippen molar-refractivity contribution in [3.05, 3.63) is 35.6 Å². The van der Waals surface area contributed by atoms with Crippen molar-refractivity contribution in [2.45, 2.75) is 52.1 Å². The zero-order chi connectivity index (χ0) is 19.1. The molecule has 0 saturated carbocycles. The van der Waals surface area contributed by atoms with E-state index in [-0.39, 0.29) is 30.1 Å². The van der Waals surface area contributed by atoms with Gasteiger partial charge in [0.05, 0.1) is 0 Å². The Morgan fingerprint density at radius 3 is 2.50 bits per heavy atom. The molecule has 1 aliphatic heterocycles. The average Bonchev–Trinajstić information content (AvgIpc) is 2.79. The number of carbonyl (C=O) groups excluding carboxylic acids is 2. The lowest BCUT2D eigenvalue weighted by atomic mass is 10.0. The monoisotopic (exact) mass is 363 g/mol. The molecule has 1 aromatic rings. The molecule has 26 heavy (non-hydrogen) atoms. The lowest BCUT2D eigenvalue weighted by Gasteiger charge is -2.34. The molecule has 1 saturated heterocycles. The Bertz CT molecular complexity index is 604. The molecule has 1 heterocycles. The fourth-order valence-corrected chi connectivity index (χ4v) is 3.51. The average molecular weight is 363 g/mol. The highest BCUT2D eigenvalue weighted by atomic mass is 19.1. The first-order valence-corrected chi connectivity index (χ1v) is 9.41. The van der Waals surface area contributed by atoms with Crippen LogP contribution in [0, 0.1) is 11.7 Å². The Hall–Kier alpha value is -1.95. The van der Waals surface area contributed by atoms with E-state index in [1.165, 1.54) is 12.1 Å². The highest BCUT2D eigenvalue weighted by molar-refractivity contribution is 5.78. The van der Waals surface area contributed by atoms with Crippen LogP contribution in [0.4, 0.5) is 4.39 Å². The molecule has 2 amide bonds. The summed E-state index contributed by atoms with van der Waals surface area (Å²) in [5.41, 5.74) is 6.23. The molecule has 1 fully saturated rings. The molecule has 0 bridgehead atoms. The maximum Gasteiger partial charge on any atom is 0.222 e. The fraction of sp³-hybridized carbons (Fsp3) is 0.600. The minimum absolute atomic E-state index is 0.0977. The molecule has 1 aliphatic rings. The molecule has 2 N–H and O–H groups in total. The predicted molar refractivity (Wildman–Crippen MR) is 99.7 cm³/mol. The van der Waals surface area contributed by atoms with Gasteiger partial charge in [-0.15, -0.1) is 0 Å². The maximum atomic E-state index is 13.1. The molecule has 2 rings (SSSR count). The van der Waals surface area contributed by atoms with Crippen LogP contribution in [0.3, 0.4) is 0 Å². The summed E-state index contributed by atoms with van der Waals surface area (Å²) in [6, 6.07) is 6.88. The summed E-state index contributed by atoms with van der Waals surface area (Å²) in [5.74, 6) is -0.0908. The van der Waals surface area contributed by atoms with Crippen LogP contribution in [0.2, 0.25) is 0 Å².